The minimum Gasteiger partial charge on any atom is -0.463 e. The van der Waals surface area contributed by atoms with Crippen LogP contribution in [0.25, 0.3) is 0 Å². The maximum Gasteiger partial charge on any atom is 0.279 e. The van der Waals surface area contributed by atoms with E-state index in [9.17, 15) is 14.9 Å². The zero-order valence-electron chi connectivity index (χ0n) is 12.4. The SMILES string of the molecule is Cc1cc([N+](=O)[O-])ccc1NC(=O)C[NH2+][C@H](C)c1ccco1. The Morgan fingerprint density at radius 3 is 2.82 bits per heavy atom. The number of benzene rings is 1. The van der Waals surface area contributed by atoms with Crippen molar-refractivity contribution in [1.29, 1.82) is 0 Å². The predicted octanol–water partition coefficient (Wildman–Crippen LogP) is 1.76. The van der Waals surface area contributed by atoms with Crippen molar-refractivity contribution in [3.8, 4) is 0 Å². The highest BCUT2D eigenvalue weighted by Gasteiger charge is 2.15. The molecule has 1 heterocycles. The number of amides is 1. The number of nitro benzene ring substituents is 1. The van der Waals surface area contributed by atoms with Gasteiger partial charge in [0.05, 0.1) is 11.2 Å². The molecule has 116 valence electrons. The number of rotatable bonds is 6. The van der Waals surface area contributed by atoms with Gasteiger partial charge in [-0.3, -0.25) is 14.9 Å². The van der Waals surface area contributed by atoms with Gasteiger partial charge < -0.3 is 15.1 Å². The summed E-state index contributed by atoms with van der Waals surface area (Å²) in [6.07, 6.45) is 1.60. The Hall–Kier alpha value is -2.67. The lowest BCUT2D eigenvalue weighted by Crippen LogP contribution is -2.86. The van der Waals surface area contributed by atoms with Gasteiger partial charge in [0.1, 0.15) is 6.04 Å². The largest absolute Gasteiger partial charge is 0.463 e. The molecule has 0 aliphatic carbocycles. The molecule has 0 bridgehead atoms. The predicted molar refractivity (Wildman–Crippen MR) is 80.4 cm³/mol. The van der Waals surface area contributed by atoms with Crippen LogP contribution in [0.2, 0.25) is 0 Å². The van der Waals surface area contributed by atoms with Gasteiger partial charge in [0.25, 0.3) is 11.6 Å². The summed E-state index contributed by atoms with van der Waals surface area (Å²) in [4.78, 5) is 22.2. The number of quaternary nitrogens is 1. The summed E-state index contributed by atoms with van der Waals surface area (Å²) in [7, 11) is 0. The first kappa shape index (κ1) is 15.7. The molecule has 0 spiro atoms. The number of aryl methyl sites for hydroxylation is 1. The van der Waals surface area contributed by atoms with Crippen LogP contribution in [0.1, 0.15) is 24.3 Å². The lowest BCUT2D eigenvalue weighted by molar-refractivity contribution is -0.684. The monoisotopic (exact) mass is 304 g/mol. The first-order valence-electron chi connectivity index (χ1n) is 6.89. The number of nitrogens with one attached hydrogen (secondary N) is 1. The van der Waals surface area contributed by atoms with E-state index in [-0.39, 0.29) is 24.2 Å². The quantitative estimate of drug-likeness (QED) is 0.627. The van der Waals surface area contributed by atoms with Crippen LogP contribution in [-0.2, 0) is 4.79 Å². The number of non-ortho nitro benzene ring substituents is 1. The lowest BCUT2D eigenvalue weighted by atomic mass is 10.2. The lowest BCUT2D eigenvalue weighted by Gasteiger charge is -2.10. The summed E-state index contributed by atoms with van der Waals surface area (Å²) in [5.74, 6) is 0.634. The molecule has 0 aliphatic rings. The van der Waals surface area contributed by atoms with Crippen LogP contribution in [0, 0.1) is 17.0 Å². The Morgan fingerprint density at radius 2 is 2.23 bits per heavy atom. The van der Waals surface area contributed by atoms with E-state index in [0.29, 0.717) is 11.3 Å². The minimum atomic E-state index is -0.461. The third-order valence-electron chi connectivity index (χ3n) is 3.34. The van der Waals surface area contributed by atoms with Crippen molar-refractivity contribution in [1.82, 2.24) is 0 Å². The molecule has 1 amide bonds. The second-order valence-electron chi connectivity index (χ2n) is 5.05. The first-order chi connectivity index (χ1) is 10.5. The van der Waals surface area contributed by atoms with Crippen molar-refractivity contribution in [3.05, 3.63) is 58.0 Å². The molecule has 7 heteroatoms. The molecule has 1 aromatic heterocycles. The number of hydrogen-bond acceptors (Lipinski definition) is 4. The van der Waals surface area contributed by atoms with Crippen LogP contribution in [0.15, 0.2) is 41.0 Å². The molecule has 7 nitrogen and oxygen atoms in total. The van der Waals surface area contributed by atoms with Gasteiger partial charge in [0.2, 0.25) is 0 Å². The van der Waals surface area contributed by atoms with Crippen LogP contribution in [0.5, 0.6) is 0 Å². The highest BCUT2D eigenvalue weighted by atomic mass is 16.6. The van der Waals surface area contributed by atoms with Crippen molar-refractivity contribution in [2.45, 2.75) is 19.9 Å². The van der Waals surface area contributed by atoms with Gasteiger partial charge in [0.15, 0.2) is 12.3 Å². The average Bonchev–Trinajstić information content (AvgIpc) is 3.01. The number of nitrogens with zero attached hydrogens (tertiary/aromatic N) is 1. The first-order valence-corrected chi connectivity index (χ1v) is 6.89. The van der Waals surface area contributed by atoms with Gasteiger partial charge in [0, 0.05) is 17.8 Å². The third kappa shape index (κ3) is 3.92. The Bertz CT molecular complexity index is 667. The van der Waals surface area contributed by atoms with E-state index in [1.165, 1.54) is 12.1 Å². The molecule has 0 saturated carbocycles. The Kier molecular flexibility index (Phi) is 4.90. The van der Waals surface area contributed by atoms with Crippen molar-refractivity contribution >= 4 is 17.3 Å². The summed E-state index contributed by atoms with van der Waals surface area (Å²) in [6.45, 7) is 3.90. The fraction of sp³-hybridized carbons (Fsp3) is 0.267. The van der Waals surface area contributed by atoms with Crippen LogP contribution in [0.3, 0.4) is 0 Å². The maximum atomic E-state index is 12.0. The molecular formula is C15H18N3O4+. The molecule has 22 heavy (non-hydrogen) atoms. The maximum absolute atomic E-state index is 12.0. The van der Waals surface area contributed by atoms with E-state index in [0.717, 1.165) is 5.76 Å². The number of nitrogens with two attached hydrogens (primary N) is 1. The van der Waals surface area contributed by atoms with Gasteiger partial charge in [-0.25, -0.2) is 0 Å². The summed E-state index contributed by atoms with van der Waals surface area (Å²) >= 11 is 0. The number of carbonyl (C=O) groups excluding carboxylic acids is 1. The standard InChI is InChI=1S/C15H17N3O4/c1-10-8-12(18(20)21)5-6-13(10)17-15(19)9-16-11(2)14-4-3-7-22-14/h3-8,11,16H,9H2,1-2H3,(H,17,19)/p+1/t11-/m1/s1. The van der Waals surface area contributed by atoms with E-state index < -0.39 is 4.92 Å². The van der Waals surface area contributed by atoms with Crippen LogP contribution < -0.4 is 10.6 Å². The van der Waals surface area contributed by atoms with Crippen LogP contribution in [0.4, 0.5) is 11.4 Å². The third-order valence-corrected chi connectivity index (χ3v) is 3.34. The van der Waals surface area contributed by atoms with Gasteiger partial charge in [-0.2, -0.15) is 0 Å². The van der Waals surface area contributed by atoms with Crippen molar-refractivity contribution < 1.29 is 19.5 Å². The van der Waals surface area contributed by atoms with Crippen molar-refractivity contribution in [2.24, 2.45) is 0 Å². The number of anilines is 1. The smallest absolute Gasteiger partial charge is 0.279 e. The van der Waals surface area contributed by atoms with E-state index in [1.807, 2.05) is 18.3 Å². The van der Waals surface area contributed by atoms with Crippen LogP contribution >= 0.6 is 0 Å². The Balaban J connectivity index is 1.91. The van der Waals surface area contributed by atoms with Gasteiger partial charge in [-0.15, -0.1) is 0 Å². The molecule has 1 atom stereocenters. The number of nitro groups is 1. The van der Waals surface area contributed by atoms with E-state index in [2.05, 4.69) is 5.32 Å². The summed E-state index contributed by atoms with van der Waals surface area (Å²) < 4.78 is 5.27. The second-order valence-corrected chi connectivity index (χ2v) is 5.05. The highest BCUT2D eigenvalue weighted by Crippen LogP contribution is 2.20. The highest BCUT2D eigenvalue weighted by molar-refractivity contribution is 5.92. The summed E-state index contributed by atoms with van der Waals surface area (Å²) in [6, 6.07) is 8.06. The molecule has 0 radical (unpaired) electrons. The fourth-order valence-corrected chi connectivity index (χ4v) is 2.05. The average molecular weight is 304 g/mol. The number of carbonyl (C=O) groups is 1. The minimum absolute atomic E-state index is 0.00787. The van der Waals surface area contributed by atoms with Gasteiger partial charge in [-0.05, 0) is 37.6 Å². The summed E-state index contributed by atoms with van der Waals surface area (Å²) in [5, 5.41) is 15.3. The molecule has 0 unspecified atom stereocenters. The van der Waals surface area contributed by atoms with Gasteiger partial charge in [-0.1, -0.05) is 0 Å². The molecule has 2 aromatic rings. The summed E-state index contributed by atoms with van der Waals surface area (Å²) in [5.41, 5.74) is 1.24. The molecule has 3 N–H and O–H groups in total. The Morgan fingerprint density at radius 1 is 1.45 bits per heavy atom. The van der Waals surface area contributed by atoms with Crippen molar-refractivity contribution in [2.75, 3.05) is 11.9 Å². The fourth-order valence-electron chi connectivity index (χ4n) is 2.05. The van der Waals surface area contributed by atoms with E-state index in [4.69, 9.17) is 4.42 Å². The normalized spacial score (nSPS) is 11.9. The molecule has 0 saturated heterocycles. The molecule has 1 aromatic carbocycles. The number of furan rings is 1. The van der Waals surface area contributed by atoms with Gasteiger partial charge >= 0.3 is 0 Å². The number of hydrogen-bond donors (Lipinski definition) is 2. The molecule has 0 fully saturated rings. The van der Waals surface area contributed by atoms with Crippen LogP contribution in [-0.4, -0.2) is 17.4 Å². The van der Waals surface area contributed by atoms with E-state index >= 15 is 0 Å². The Labute approximate surface area is 127 Å². The molecule has 2 rings (SSSR count). The molecule has 0 aliphatic heterocycles. The van der Waals surface area contributed by atoms with Crippen molar-refractivity contribution in [3.63, 3.8) is 0 Å². The topological polar surface area (TPSA) is 102 Å². The second kappa shape index (κ2) is 6.86. The zero-order valence-corrected chi connectivity index (χ0v) is 12.4. The zero-order chi connectivity index (χ0) is 16.1. The van der Waals surface area contributed by atoms with E-state index in [1.54, 1.807) is 25.3 Å². The molecular weight excluding hydrogens is 286 g/mol.